The molecule has 1 saturated heterocycles. The van der Waals surface area contributed by atoms with Crippen molar-refractivity contribution in [1.29, 1.82) is 0 Å². The molecular weight excluding hydrogens is 642 g/mol. The minimum absolute atomic E-state index is 0.0219. The maximum absolute atomic E-state index is 13.1. The van der Waals surface area contributed by atoms with Crippen molar-refractivity contribution in [1.82, 2.24) is 4.90 Å². The van der Waals surface area contributed by atoms with Crippen LogP contribution in [0.3, 0.4) is 0 Å². The van der Waals surface area contributed by atoms with E-state index in [1.165, 1.54) is 64.2 Å². The molecule has 290 valence electrons. The SMILES string of the molecule is CCCCC/C=C\C/C=C\CCCCCCCCC(=O)OCC(COC(=O)CC12CC3CC(CC(C3)C1)C2)COC(=O)OC1CCCN(CC)C1. The summed E-state index contributed by atoms with van der Waals surface area (Å²) in [5.41, 5.74) is 0.0995. The Kier molecular flexibility index (Phi) is 19.0. The van der Waals surface area contributed by atoms with E-state index in [9.17, 15) is 14.4 Å². The number of unbranched alkanes of at least 4 members (excludes halogenated alkanes) is 9. The molecule has 2 atom stereocenters. The smallest absolute Gasteiger partial charge is 0.465 e. The predicted molar refractivity (Wildman–Crippen MR) is 202 cm³/mol. The molecule has 0 aromatic rings. The van der Waals surface area contributed by atoms with Crippen LogP contribution in [-0.2, 0) is 28.5 Å². The Balaban J connectivity index is 1.10. The summed E-state index contributed by atoms with van der Waals surface area (Å²) >= 11 is 0. The Hall–Kier alpha value is -2.35. The van der Waals surface area contributed by atoms with Crippen molar-refractivity contribution in [2.45, 2.75) is 161 Å². The van der Waals surface area contributed by atoms with Gasteiger partial charge in [0.2, 0.25) is 0 Å². The zero-order valence-electron chi connectivity index (χ0n) is 32.3. The van der Waals surface area contributed by atoms with Crippen molar-refractivity contribution < 1.29 is 33.3 Å². The molecule has 8 heteroatoms. The average Bonchev–Trinajstić information content (AvgIpc) is 3.10. The molecule has 1 heterocycles. The second kappa shape index (κ2) is 23.3. The van der Waals surface area contributed by atoms with Gasteiger partial charge in [-0.3, -0.25) is 14.5 Å². The molecule has 0 radical (unpaired) electrons. The molecule has 0 aromatic heterocycles. The molecular formula is C43H71NO7. The molecule has 0 N–H and O–H groups in total. The first-order valence-corrected chi connectivity index (χ1v) is 21.0. The van der Waals surface area contributed by atoms with E-state index in [2.05, 4.69) is 43.1 Å². The lowest BCUT2D eigenvalue weighted by molar-refractivity contribution is -0.155. The van der Waals surface area contributed by atoms with Gasteiger partial charge in [0.15, 0.2) is 0 Å². The van der Waals surface area contributed by atoms with Gasteiger partial charge in [-0.2, -0.15) is 0 Å². The van der Waals surface area contributed by atoms with Crippen molar-refractivity contribution in [3.05, 3.63) is 24.3 Å². The normalized spacial score (nSPS) is 26.5. The molecule has 4 bridgehead atoms. The van der Waals surface area contributed by atoms with Gasteiger partial charge >= 0.3 is 18.1 Å². The fourth-order valence-corrected chi connectivity index (χ4v) is 9.51. The third-order valence-electron chi connectivity index (χ3n) is 11.8. The molecule has 8 nitrogen and oxygen atoms in total. The van der Waals surface area contributed by atoms with Gasteiger partial charge in [0, 0.05) is 13.0 Å². The van der Waals surface area contributed by atoms with E-state index >= 15 is 0 Å². The number of hydrogen-bond acceptors (Lipinski definition) is 8. The van der Waals surface area contributed by atoms with Gasteiger partial charge in [-0.15, -0.1) is 0 Å². The summed E-state index contributed by atoms with van der Waals surface area (Å²) in [6.45, 7) is 7.08. The third kappa shape index (κ3) is 16.1. The van der Waals surface area contributed by atoms with Gasteiger partial charge in [-0.1, -0.05) is 76.7 Å². The van der Waals surface area contributed by atoms with Gasteiger partial charge in [0.25, 0.3) is 0 Å². The fraction of sp³-hybridized carbons (Fsp3) is 0.837. The first-order chi connectivity index (χ1) is 24.9. The number of hydrogen-bond donors (Lipinski definition) is 0. The number of likely N-dealkylation sites (N-methyl/N-ethyl adjacent to an activating group) is 1. The molecule has 4 aliphatic carbocycles. The van der Waals surface area contributed by atoms with Gasteiger partial charge in [-0.25, -0.2) is 4.79 Å². The van der Waals surface area contributed by atoms with Crippen LogP contribution >= 0.6 is 0 Å². The molecule has 0 aromatic carbocycles. The zero-order valence-corrected chi connectivity index (χ0v) is 32.3. The third-order valence-corrected chi connectivity index (χ3v) is 11.8. The number of esters is 2. The summed E-state index contributed by atoms with van der Waals surface area (Å²) < 4.78 is 22.5. The van der Waals surface area contributed by atoms with Crippen LogP contribution in [0.5, 0.6) is 0 Å². The van der Waals surface area contributed by atoms with Crippen LogP contribution in [0.4, 0.5) is 4.79 Å². The molecule has 0 spiro atoms. The minimum Gasteiger partial charge on any atom is -0.465 e. The number of rotatable bonds is 25. The standard InChI is InChI=1S/C43H71NO7/c1-3-5-6-7-8-9-10-11-12-13-14-15-16-17-18-19-22-40(45)48-32-38(34-50-42(47)51-39-21-20-23-44(4-2)31-39)33-49-41(46)30-43-27-35-24-36(28-43)26-37(25-35)29-43/h8-9,11-12,35-39H,3-7,10,13-34H2,1-2H3/b9-8-,12-11-. The summed E-state index contributed by atoms with van der Waals surface area (Å²) in [5.74, 6) is 1.45. The lowest BCUT2D eigenvalue weighted by Gasteiger charge is -2.56. The van der Waals surface area contributed by atoms with Crippen molar-refractivity contribution in [3.8, 4) is 0 Å². The molecule has 51 heavy (non-hydrogen) atoms. The number of nitrogens with zero attached hydrogens (tertiary/aromatic N) is 1. The van der Waals surface area contributed by atoms with Gasteiger partial charge in [-0.05, 0) is 126 Å². The van der Waals surface area contributed by atoms with Crippen molar-refractivity contribution in [2.24, 2.45) is 29.1 Å². The maximum atomic E-state index is 13.1. The molecule has 5 fully saturated rings. The number of piperidine rings is 1. The highest BCUT2D eigenvalue weighted by molar-refractivity contribution is 5.70. The Morgan fingerprint density at radius 2 is 1.31 bits per heavy atom. The Morgan fingerprint density at radius 3 is 1.96 bits per heavy atom. The number of ether oxygens (including phenoxy) is 4. The first kappa shape index (κ1) is 41.4. The van der Waals surface area contributed by atoms with Crippen molar-refractivity contribution in [3.63, 3.8) is 0 Å². The van der Waals surface area contributed by atoms with E-state index in [0.717, 1.165) is 95.1 Å². The maximum Gasteiger partial charge on any atom is 0.508 e. The highest BCUT2D eigenvalue weighted by Gasteiger charge is 2.51. The van der Waals surface area contributed by atoms with Crippen LogP contribution in [0.25, 0.3) is 0 Å². The molecule has 0 amide bonds. The molecule has 2 unspecified atom stereocenters. The van der Waals surface area contributed by atoms with Crippen LogP contribution < -0.4 is 0 Å². The largest absolute Gasteiger partial charge is 0.508 e. The summed E-state index contributed by atoms with van der Waals surface area (Å²) in [4.78, 5) is 40.6. The Morgan fingerprint density at radius 1 is 0.725 bits per heavy atom. The van der Waals surface area contributed by atoms with E-state index < -0.39 is 12.1 Å². The van der Waals surface area contributed by atoms with E-state index in [4.69, 9.17) is 18.9 Å². The highest BCUT2D eigenvalue weighted by atomic mass is 16.7. The van der Waals surface area contributed by atoms with E-state index in [0.29, 0.717) is 19.4 Å². The van der Waals surface area contributed by atoms with Gasteiger partial charge in [0.1, 0.15) is 25.9 Å². The van der Waals surface area contributed by atoms with Crippen LogP contribution in [0.1, 0.15) is 155 Å². The quantitative estimate of drug-likeness (QED) is 0.0400. The number of likely N-dealkylation sites (tertiary alicyclic amines) is 1. The predicted octanol–water partition coefficient (Wildman–Crippen LogP) is 10.1. The van der Waals surface area contributed by atoms with E-state index in [1.54, 1.807) is 0 Å². The van der Waals surface area contributed by atoms with Crippen LogP contribution in [0, 0.1) is 29.1 Å². The minimum atomic E-state index is -0.712. The lowest BCUT2D eigenvalue weighted by Crippen LogP contribution is -2.47. The van der Waals surface area contributed by atoms with E-state index in [-0.39, 0.29) is 43.3 Å². The number of carbonyl (C=O) groups excluding carboxylic acids is 3. The Labute approximate surface area is 309 Å². The van der Waals surface area contributed by atoms with Crippen LogP contribution in [0.2, 0.25) is 0 Å². The Bertz CT molecular complexity index is 1050. The summed E-state index contributed by atoms with van der Waals surface area (Å²) in [6, 6.07) is 0. The number of carbonyl (C=O) groups is 3. The highest BCUT2D eigenvalue weighted by Crippen LogP contribution is 2.61. The first-order valence-electron chi connectivity index (χ1n) is 21.0. The van der Waals surface area contributed by atoms with E-state index in [1.807, 2.05) is 0 Å². The average molecular weight is 714 g/mol. The second-order valence-corrected chi connectivity index (χ2v) is 16.5. The van der Waals surface area contributed by atoms with Crippen molar-refractivity contribution >= 4 is 18.1 Å². The lowest BCUT2D eigenvalue weighted by atomic mass is 9.49. The molecule has 1 aliphatic heterocycles. The second-order valence-electron chi connectivity index (χ2n) is 16.5. The summed E-state index contributed by atoms with van der Waals surface area (Å²) in [6.07, 6.45) is 32.1. The fourth-order valence-electron chi connectivity index (χ4n) is 9.51. The monoisotopic (exact) mass is 714 g/mol. The molecule has 5 aliphatic rings. The molecule has 4 saturated carbocycles. The zero-order chi connectivity index (χ0) is 36.2. The summed E-state index contributed by atoms with van der Waals surface area (Å²) in [7, 11) is 0. The van der Waals surface area contributed by atoms with Crippen molar-refractivity contribution in [2.75, 3.05) is 39.5 Å². The van der Waals surface area contributed by atoms with Gasteiger partial charge in [0.05, 0.1) is 12.3 Å². The summed E-state index contributed by atoms with van der Waals surface area (Å²) in [5, 5.41) is 0. The van der Waals surface area contributed by atoms with Crippen LogP contribution in [0.15, 0.2) is 24.3 Å². The topological polar surface area (TPSA) is 91.4 Å². The number of allylic oxidation sites excluding steroid dienone is 4. The van der Waals surface area contributed by atoms with Gasteiger partial charge < -0.3 is 18.9 Å². The van der Waals surface area contributed by atoms with Crippen LogP contribution in [-0.4, -0.2) is 68.6 Å². The molecule has 5 rings (SSSR count).